The normalized spacial score (nSPS) is 13.2. The van der Waals surface area contributed by atoms with E-state index >= 15 is 0 Å². The summed E-state index contributed by atoms with van der Waals surface area (Å²) in [6, 6.07) is 20.6. The van der Waals surface area contributed by atoms with Crippen molar-refractivity contribution in [3.05, 3.63) is 104 Å². The van der Waals surface area contributed by atoms with E-state index in [2.05, 4.69) is 15.5 Å². The Labute approximate surface area is 261 Å². The molecule has 210 valence electrons. The molecule has 1 aliphatic rings. The van der Waals surface area contributed by atoms with Crippen molar-refractivity contribution in [2.24, 2.45) is 0 Å². The van der Waals surface area contributed by atoms with Crippen LogP contribution >= 0.6 is 58.6 Å². The Kier molecular flexibility index (Phi) is 9.06. The number of carbonyl (C=O) groups is 2. The first-order chi connectivity index (χ1) is 19.7. The van der Waals surface area contributed by atoms with Gasteiger partial charge in [-0.3, -0.25) is 14.9 Å². The highest BCUT2D eigenvalue weighted by Crippen LogP contribution is 2.34. The first-order valence-corrected chi connectivity index (χ1v) is 14.4. The van der Waals surface area contributed by atoms with Crippen LogP contribution < -0.4 is 15.5 Å². The highest BCUT2D eigenvalue weighted by molar-refractivity contribution is 7.80. The fourth-order valence-electron chi connectivity index (χ4n) is 4.39. The molecule has 0 saturated carbocycles. The van der Waals surface area contributed by atoms with Gasteiger partial charge in [-0.2, -0.15) is 0 Å². The van der Waals surface area contributed by atoms with Gasteiger partial charge in [0.05, 0.1) is 20.8 Å². The second kappa shape index (κ2) is 12.7. The van der Waals surface area contributed by atoms with Crippen molar-refractivity contribution in [2.75, 3.05) is 36.4 Å². The number of hydrogen-bond acceptors (Lipinski definition) is 5. The topological polar surface area (TPSA) is 77.8 Å². The van der Waals surface area contributed by atoms with Gasteiger partial charge in [-0.25, -0.2) is 0 Å². The molecule has 0 bridgehead atoms. The Bertz CT molecular complexity index is 1620. The zero-order valence-electron chi connectivity index (χ0n) is 21.3. The Hall–Kier alpha value is -3.27. The van der Waals surface area contributed by atoms with Gasteiger partial charge in [0.2, 0.25) is 0 Å². The van der Waals surface area contributed by atoms with Gasteiger partial charge < -0.3 is 19.5 Å². The van der Waals surface area contributed by atoms with Crippen molar-refractivity contribution in [1.82, 2.24) is 10.2 Å². The first kappa shape index (κ1) is 29.2. The van der Waals surface area contributed by atoms with Gasteiger partial charge in [0.25, 0.3) is 11.8 Å². The molecule has 0 aliphatic carbocycles. The van der Waals surface area contributed by atoms with Crippen LogP contribution in [0.3, 0.4) is 0 Å². The van der Waals surface area contributed by atoms with E-state index in [-0.39, 0.29) is 16.8 Å². The van der Waals surface area contributed by atoms with Crippen LogP contribution in [0.4, 0.5) is 11.4 Å². The Morgan fingerprint density at radius 2 is 1.56 bits per heavy atom. The van der Waals surface area contributed by atoms with Crippen LogP contribution in [0.5, 0.6) is 0 Å². The summed E-state index contributed by atoms with van der Waals surface area (Å²) in [5.74, 6) is -0.0940. The van der Waals surface area contributed by atoms with Crippen LogP contribution in [0.25, 0.3) is 11.3 Å². The monoisotopic (exact) mass is 646 g/mol. The summed E-state index contributed by atoms with van der Waals surface area (Å²) in [5.41, 5.74) is 2.63. The van der Waals surface area contributed by atoms with Crippen LogP contribution in [0, 0.1) is 0 Å². The number of anilines is 2. The third-order valence-electron chi connectivity index (χ3n) is 6.48. The van der Waals surface area contributed by atoms with Crippen molar-refractivity contribution >= 4 is 86.9 Å². The van der Waals surface area contributed by atoms with Crippen molar-refractivity contribution in [3.63, 3.8) is 0 Å². The SMILES string of the molecule is O=C(NC(=S)Nc1ccc(N2CCN(C(=O)c3ccc(Cl)cc3)CC2)c(Cl)c1)c1ccc(-c2cccc(Cl)c2Cl)o1. The molecule has 0 radical (unpaired) electrons. The summed E-state index contributed by atoms with van der Waals surface area (Å²) < 4.78 is 5.67. The smallest absolute Gasteiger partial charge is 0.293 e. The molecule has 41 heavy (non-hydrogen) atoms. The number of benzene rings is 3. The van der Waals surface area contributed by atoms with Crippen LogP contribution in [0.1, 0.15) is 20.9 Å². The maximum Gasteiger partial charge on any atom is 0.293 e. The van der Waals surface area contributed by atoms with Gasteiger partial charge in [-0.1, -0.05) is 52.5 Å². The van der Waals surface area contributed by atoms with Gasteiger partial charge in [0, 0.05) is 48.0 Å². The third kappa shape index (κ3) is 6.80. The zero-order valence-corrected chi connectivity index (χ0v) is 25.1. The molecule has 4 aromatic rings. The fraction of sp³-hybridized carbons (Fsp3) is 0.138. The minimum atomic E-state index is -0.527. The molecule has 2 N–H and O–H groups in total. The van der Waals surface area contributed by atoms with E-state index in [9.17, 15) is 9.59 Å². The molecule has 2 heterocycles. The Morgan fingerprint density at radius 3 is 2.27 bits per heavy atom. The number of carbonyl (C=O) groups excluding carboxylic acids is 2. The molecule has 2 amide bonds. The molecule has 1 aromatic heterocycles. The molecule has 0 atom stereocenters. The van der Waals surface area contributed by atoms with E-state index in [1.165, 1.54) is 6.07 Å². The summed E-state index contributed by atoms with van der Waals surface area (Å²) >= 11 is 30.2. The van der Waals surface area contributed by atoms with E-state index < -0.39 is 5.91 Å². The molecule has 1 saturated heterocycles. The molecule has 12 heteroatoms. The van der Waals surface area contributed by atoms with Gasteiger partial charge in [0.15, 0.2) is 10.9 Å². The van der Waals surface area contributed by atoms with E-state index in [0.717, 1.165) is 5.69 Å². The molecule has 1 aliphatic heterocycles. The maximum absolute atomic E-state index is 12.8. The van der Waals surface area contributed by atoms with Crippen LogP contribution in [0.15, 0.2) is 77.2 Å². The van der Waals surface area contributed by atoms with E-state index in [1.807, 2.05) is 17.0 Å². The van der Waals surface area contributed by atoms with Crippen LogP contribution in [-0.4, -0.2) is 48.0 Å². The molecule has 1 fully saturated rings. The lowest BCUT2D eigenvalue weighted by Crippen LogP contribution is -2.48. The summed E-state index contributed by atoms with van der Waals surface area (Å²) in [6.07, 6.45) is 0. The quantitative estimate of drug-likeness (QED) is 0.217. The number of furan rings is 1. The van der Waals surface area contributed by atoms with Crippen molar-refractivity contribution in [3.8, 4) is 11.3 Å². The van der Waals surface area contributed by atoms with Crippen molar-refractivity contribution < 1.29 is 14.0 Å². The number of rotatable bonds is 5. The summed E-state index contributed by atoms with van der Waals surface area (Å²) in [5, 5.41) is 7.46. The number of nitrogens with one attached hydrogen (secondary N) is 2. The second-order valence-electron chi connectivity index (χ2n) is 9.13. The highest BCUT2D eigenvalue weighted by Gasteiger charge is 2.24. The second-order valence-corrected chi connectivity index (χ2v) is 11.2. The average molecular weight is 648 g/mol. The van der Waals surface area contributed by atoms with E-state index in [4.69, 9.17) is 63.0 Å². The van der Waals surface area contributed by atoms with E-state index in [0.29, 0.717) is 68.8 Å². The zero-order chi connectivity index (χ0) is 29.1. The molecule has 7 nitrogen and oxygen atoms in total. The number of amides is 2. The standard InChI is InChI=1S/C29H22Cl4N4O3S/c30-18-6-4-17(5-7-18)28(39)37-14-12-36(13-15-37)23-9-8-19(16-22(23)32)34-29(41)35-27(38)25-11-10-24(40-25)20-2-1-3-21(31)26(20)33/h1-11,16H,12-15H2,(H2,34,35,38,41). The third-order valence-corrected chi connectivity index (χ3v) is 8.06. The lowest BCUT2D eigenvalue weighted by Gasteiger charge is -2.36. The molecular formula is C29H22Cl4N4O3S. The van der Waals surface area contributed by atoms with Crippen LogP contribution in [-0.2, 0) is 0 Å². The average Bonchev–Trinajstić information content (AvgIpc) is 3.45. The lowest BCUT2D eigenvalue weighted by atomic mass is 10.1. The lowest BCUT2D eigenvalue weighted by molar-refractivity contribution is 0.0746. The van der Waals surface area contributed by atoms with Crippen molar-refractivity contribution in [1.29, 1.82) is 0 Å². The predicted molar refractivity (Wildman–Crippen MR) is 169 cm³/mol. The highest BCUT2D eigenvalue weighted by atomic mass is 35.5. The fourth-order valence-corrected chi connectivity index (χ4v) is 5.42. The number of nitrogens with zero attached hydrogens (tertiary/aromatic N) is 2. The minimum absolute atomic E-state index is 0.0263. The minimum Gasteiger partial charge on any atom is -0.451 e. The van der Waals surface area contributed by atoms with Gasteiger partial charge >= 0.3 is 0 Å². The van der Waals surface area contributed by atoms with Gasteiger partial charge in [-0.05, 0) is 78.9 Å². The number of thiocarbonyl (C=S) groups is 1. The molecule has 0 spiro atoms. The van der Waals surface area contributed by atoms with Gasteiger partial charge in [0.1, 0.15) is 5.76 Å². The number of hydrogen-bond donors (Lipinski definition) is 2. The van der Waals surface area contributed by atoms with Gasteiger partial charge in [-0.15, -0.1) is 0 Å². The Balaban J connectivity index is 1.16. The maximum atomic E-state index is 12.8. The van der Waals surface area contributed by atoms with Crippen LogP contribution in [0.2, 0.25) is 20.1 Å². The molecule has 3 aromatic carbocycles. The number of halogens is 4. The van der Waals surface area contributed by atoms with E-state index in [1.54, 1.807) is 54.6 Å². The molecular weight excluding hydrogens is 626 g/mol. The first-order valence-electron chi connectivity index (χ1n) is 12.5. The largest absolute Gasteiger partial charge is 0.451 e. The predicted octanol–water partition coefficient (Wildman–Crippen LogP) is 7.65. The summed E-state index contributed by atoms with van der Waals surface area (Å²) in [7, 11) is 0. The summed E-state index contributed by atoms with van der Waals surface area (Å²) in [4.78, 5) is 29.4. The molecule has 5 rings (SSSR count). The number of piperazine rings is 1. The Morgan fingerprint density at radius 1 is 0.829 bits per heavy atom. The molecule has 0 unspecified atom stereocenters. The van der Waals surface area contributed by atoms with Crippen molar-refractivity contribution in [2.45, 2.75) is 0 Å². The summed E-state index contributed by atoms with van der Waals surface area (Å²) in [6.45, 7) is 2.38.